The molecule has 2 aromatic rings. The van der Waals surface area contributed by atoms with Gasteiger partial charge in [-0.1, -0.05) is 12.1 Å². The maximum Gasteiger partial charge on any atom is 0.573 e. The topological polar surface area (TPSA) is 41.6 Å². The lowest BCUT2D eigenvalue weighted by Gasteiger charge is -2.13. The molecule has 1 amide bonds. The van der Waals surface area contributed by atoms with Gasteiger partial charge in [0.05, 0.1) is 0 Å². The van der Waals surface area contributed by atoms with Gasteiger partial charge in [0.25, 0.3) is 5.91 Å². The van der Waals surface area contributed by atoms with Crippen LogP contribution in [0.5, 0.6) is 5.75 Å². The largest absolute Gasteiger partial charge is 0.573 e. The van der Waals surface area contributed by atoms with Crippen molar-refractivity contribution in [1.29, 1.82) is 0 Å². The SMILES string of the molecule is CN(C)c1ccc(C(=O)NCc2ccc(OC(F)(F)F)cc2)cc1. The van der Waals surface area contributed by atoms with E-state index in [9.17, 15) is 18.0 Å². The van der Waals surface area contributed by atoms with Crippen LogP contribution < -0.4 is 15.0 Å². The van der Waals surface area contributed by atoms with Gasteiger partial charge in [-0.05, 0) is 42.0 Å². The molecular formula is C17H17F3N2O2. The number of ether oxygens (including phenoxy) is 1. The third-order valence-electron chi connectivity index (χ3n) is 3.26. The van der Waals surface area contributed by atoms with Gasteiger partial charge in [0.2, 0.25) is 0 Å². The minimum Gasteiger partial charge on any atom is -0.406 e. The van der Waals surface area contributed by atoms with E-state index in [1.807, 2.05) is 31.1 Å². The van der Waals surface area contributed by atoms with Crippen molar-refractivity contribution in [3.05, 3.63) is 59.7 Å². The van der Waals surface area contributed by atoms with Crippen LogP contribution in [-0.4, -0.2) is 26.4 Å². The summed E-state index contributed by atoms with van der Waals surface area (Å²) in [6.45, 7) is 0.209. The zero-order valence-electron chi connectivity index (χ0n) is 13.2. The summed E-state index contributed by atoms with van der Waals surface area (Å²) in [6.07, 6.45) is -4.71. The Hall–Kier alpha value is -2.70. The van der Waals surface area contributed by atoms with Crippen LogP contribution in [0.4, 0.5) is 18.9 Å². The molecule has 0 unspecified atom stereocenters. The van der Waals surface area contributed by atoms with Crippen molar-refractivity contribution in [1.82, 2.24) is 5.32 Å². The van der Waals surface area contributed by atoms with Crippen LogP contribution in [0.1, 0.15) is 15.9 Å². The normalized spacial score (nSPS) is 11.0. The number of carbonyl (C=O) groups excluding carboxylic acids is 1. The van der Waals surface area contributed by atoms with Crippen LogP contribution in [0.3, 0.4) is 0 Å². The van der Waals surface area contributed by atoms with Crippen LogP contribution in [-0.2, 0) is 6.54 Å². The Labute approximate surface area is 137 Å². The molecule has 7 heteroatoms. The molecule has 0 saturated heterocycles. The summed E-state index contributed by atoms with van der Waals surface area (Å²) in [4.78, 5) is 14.0. The van der Waals surface area contributed by atoms with Crippen molar-refractivity contribution in [2.75, 3.05) is 19.0 Å². The predicted octanol–water partition coefficient (Wildman–Crippen LogP) is 3.58. The van der Waals surface area contributed by atoms with E-state index in [0.717, 1.165) is 5.69 Å². The number of halogens is 3. The smallest absolute Gasteiger partial charge is 0.406 e. The molecular weight excluding hydrogens is 321 g/mol. The van der Waals surface area contributed by atoms with Crippen LogP contribution >= 0.6 is 0 Å². The highest BCUT2D eigenvalue weighted by Crippen LogP contribution is 2.22. The van der Waals surface area contributed by atoms with E-state index in [1.54, 1.807) is 12.1 Å². The van der Waals surface area contributed by atoms with Gasteiger partial charge >= 0.3 is 6.36 Å². The van der Waals surface area contributed by atoms with Crippen LogP contribution in [0, 0.1) is 0 Å². The fourth-order valence-electron chi connectivity index (χ4n) is 2.00. The zero-order chi connectivity index (χ0) is 17.7. The summed E-state index contributed by atoms with van der Waals surface area (Å²) in [6, 6.07) is 12.4. The Morgan fingerprint density at radius 1 is 1.04 bits per heavy atom. The first kappa shape index (κ1) is 17.7. The van der Waals surface area contributed by atoms with Gasteiger partial charge < -0.3 is 15.0 Å². The number of benzene rings is 2. The molecule has 2 rings (SSSR count). The first-order chi connectivity index (χ1) is 11.2. The Kier molecular flexibility index (Phi) is 5.33. The van der Waals surface area contributed by atoms with E-state index in [1.165, 1.54) is 24.3 Å². The second-order valence-electron chi connectivity index (χ2n) is 5.32. The maximum absolute atomic E-state index is 12.1. The molecule has 0 aliphatic heterocycles. The number of rotatable bonds is 5. The van der Waals surface area contributed by atoms with E-state index in [4.69, 9.17) is 0 Å². The van der Waals surface area contributed by atoms with Crippen molar-refractivity contribution >= 4 is 11.6 Å². The van der Waals surface area contributed by atoms with Gasteiger partial charge in [-0.3, -0.25) is 4.79 Å². The van der Waals surface area contributed by atoms with Gasteiger partial charge in [0.15, 0.2) is 0 Å². The van der Waals surface area contributed by atoms with Crippen molar-refractivity contribution in [3.8, 4) is 5.75 Å². The number of nitrogens with zero attached hydrogens (tertiary/aromatic N) is 1. The highest BCUT2D eigenvalue weighted by atomic mass is 19.4. The minimum absolute atomic E-state index is 0.209. The number of hydrogen-bond donors (Lipinski definition) is 1. The summed E-state index contributed by atoms with van der Waals surface area (Å²) in [5.41, 5.74) is 2.16. The molecule has 0 bridgehead atoms. The van der Waals surface area contributed by atoms with Crippen molar-refractivity contribution < 1.29 is 22.7 Å². The molecule has 2 aromatic carbocycles. The quantitative estimate of drug-likeness (QED) is 0.906. The standard InChI is InChI=1S/C17H17F3N2O2/c1-22(2)14-7-5-13(6-8-14)16(23)21-11-12-3-9-15(10-4-12)24-17(18,19)20/h3-10H,11H2,1-2H3,(H,21,23). The Morgan fingerprint density at radius 3 is 2.12 bits per heavy atom. The van der Waals surface area contributed by atoms with Crippen molar-refractivity contribution in [3.63, 3.8) is 0 Å². The molecule has 128 valence electrons. The fourth-order valence-corrected chi connectivity index (χ4v) is 2.00. The zero-order valence-corrected chi connectivity index (χ0v) is 13.2. The van der Waals surface area contributed by atoms with E-state index < -0.39 is 6.36 Å². The van der Waals surface area contributed by atoms with E-state index in [0.29, 0.717) is 11.1 Å². The lowest BCUT2D eigenvalue weighted by atomic mass is 10.1. The molecule has 0 aliphatic rings. The first-order valence-corrected chi connectivity index (χ1v) is 7.15. The number of carbonyl (C=O) groups is 1. The van der Waals surface area contributed by atoms with E-state index in [-0.39, 0.29) is 18.2 Å². The van der Waals surface area contributed by atoms with Crippen molar-refractivity contribution in [2.24, 2.45) is 0 Å². The minimum atomic E-state index is -4.71. The average Bonchev–Trinajstić information content (AvgIpc) is 2.52. The summed E-state index contributed by atoms with van der Waals surface area (Å²) in [5.74, 6) is -0.548. The fraction of sp³-hybridized carbons (Fsp3) is 0.235. The number of nitrogens with one attached hydrogen (secondary N) is 1. The molecule has 0 saturated carbocycles. The third kappa shape index (κ3) is 5.19. The molecule has 0 radical (unpaired) electrons. The molecule has 0 spiro atoms. The van der Waals surface area contributed by atoms with Crippen molar-refractivity contribution in [2.45, 2.75) is 12.9 Å². The van der Waals surface area contributed by atoms with Gasteiger partial charge in [-0.15, -0.1) is 13.2 Å². The Morgan fingerprint density at radius 2 is 1.62 bits per heavy atom. The molecule has 4 nitrogen and oxygen atoms in total. The Balaban J connectivity index is 1.91. The van der Waals surface area contributed by atoms with Gasteiger partial charge in [-0.2, -0.15) is 0 Å². The van der Waals surface area contributed by atoms with Crippen LogP contribution in [0.25, 0.3) is 0 Å². The maximum atomic E-state index is 12.1. The highest BCUT2D eigenvalue weighted by Gasteiger charge is 2.30. The lowest BCUT2D eigenvalue weighted by Crippen LogP contribution is -2.23. The average molecular weight is 338 g/mol. The molecule has 0 atom stereocenters. The molecule has 0 aromatic heterocycles. The predicted molar refractivity (Wildman–Crippen MR) is 85.1 cm³/mol. The van der Waals surface area contributed by atoms with Crippen LogP contribution in [0.15, 0.2) is 48.5 Å². The van der Waals surface area contributed by atoms with Gasteiger partial charge in [0, 0.05) is 31.9 Å². The second kappa shape index (κ2) is 7.25. The van der Waals surface area contributed by atoms with E-state index in [2.05, 4.69) is 10.1 Å². The third-order valence-corrected chi connectivity index (χ3v) is 3.26. The van der Waals surface area contributed by atoms with Gasteiger partial charge in [-0.25, -0.2) is 0 Å². The molecule has 1 N–H and O–H groups in total. The molecule has 0 heterocycles. The Bertz CT molecular complexity index is 680. The monoisotopic (exact) mass is 338 g/mol. The highest BCUT2D eigenvalue weighted by molar-refractivity contribution is 5.94. The van der Waals surface area contributed by atoms with E-state index >= 15 is 0 Å². The second-order valence-corrected chi connectivity index (χ2v) is 5.32. The molecule has 0 fully saturated rings. The number of anilines is 1. The molecule has 0 aliphatic carbocycles. The summed E-state index contributed by atoms with van der Waals surface area (Å²) in [5, 5.41) is 2.72. The molecule has 24 heavy (non-hydrogen) atoms. The summed E-state index contributed by atoms with van der Waals surface area (Å²) >= 11 is 0. The lowest BCUT2D eigenvalue weighted by molar-refractivity contribution is -0.274. The first-order valence-electron chi connectivity index (χ1n) is 7.15. The van der Waals surface area contributed by atoms with Crippen LogP contribution in [0.2, 0.25) is 0 Å². The number of hydrogen-bond acceptors (Lipinski definition) is 3. The van der Waals surface area contributed by atoms with Gasteiger partial charge in [0.1, 0.15) is 5.75 Å². The summed E-state index contributed by atoms with van der Waals surface area (Å²) in [7, 11) is 3.81. The number of alkyl halides is 3. The summed E-state index contributed by atoms with van der Waals surface area (Å²) < 4.78 is 40.0. The number of amides is 1.